The minimum absolute atomic E-state index is 0.100. The molecular formula is C23H35I2NS. The van der Waals surface area contributed by atoms with Gasteiger partial charge in [-0.1, -0.05) is 77.4 Å². The number of anilines is 1. The van der Waals surface area contributed by atoms with E-state index in [1.165, 1.54) is 60.3 Å². The number of halogens is 2. The van der Waals surface area contributed by atoms with Crippen LogP contribution in [0.5, 0.6) is 0 Å². The highest BCUT2D eigenvalue weighted by Crippen LogP contribution is 2.55. The summed E-state index contributed by atoms with van der Waals surface area (Å²) in [4.78, 5) is 3.81. The molecular weight excluding hydrogens is 576 g/mol. The highest BCUT2D eigenvalue weighted by atomic mass is 128. The van der Waals surface area contributed by atoms with E-state index in [1.54, 1.807) is 0 Å². The lowest BCUT2D eigenvalue weighted by atomic mass is 9.71. The SMILES string of the molecule is CC(C)c1cccc(C(C)C)c1N1C(=S)C2(CCCCC2)CC1(C)C.II. The van der Waals surface area contributed by atoms with Crippen LogP contribution in [0.15, 0.2) is 18.2 Å². The van der Waals surface area contributed by atoms with Crippen LogP contribution in [0.25, 0.3) is 0 Å². The molecule has 0 aromatic heterocycles. The van der Waals surface area contributed by atoms with Gasteiger partial charge in [-0.15, -0.1) is 0 Å². The van der Waals surface area contributed by atoms with E-state index < -0.39 is 0 Å². The van der Waals surface area contributed by atoms with Crippen molar-refractivity contribution < 1.29 is 0 Å². The lowest BCUT2D eigenvalue weighted by molar-refractivity contribution is 0.255. The van der Waals surface area contributed by atoms with Crippen LogP contribution in [-0.2, 0) is 0 Å². The van der Waals surface area contributed by atoms with Crippen molar-refractivity contribution in [1.82, 2.24) is 0 Å². The van der Waals surface area contributed by atoms with Gasteiger partial charge in [-0.2, -0.15) is 0 Å². The molecule has 1 heterocycles. The van der Waals surface area contributed by atoms with E-state index >= 15 is 0 Å². The minimum atomic E-state index is 0.100. The second-order valence-electron chi connectivity index (χ2n) is 9.57. The van der Waals surface area contributed by atoms with Crippen molar-refractivity contribution in [1.29, 1.82) is 0 Å². The maximum Gasteiger partial charge on any atom is 0.0892 e. The third-order valence-corrected chi connectivity index (χ3v) is 7.03. The summed E-state index contributed by atoms with van der Waals surface area (Å²) < 4.78 is 0. The molecule has 1 nitrogen and oxygen atoms in total. The summed E-state index contributed by atoms with van der Waals surface area (Å²) in [6, 6.07) is 6.86. The molecule has 3 rings (SSSR count). The predicted molar refractivity (Wildman–Crippen MR) is 142 cm³/mol. The van der Waals surface area contributed by atoms with Gasteiger partial charge < -0.3 is 4.90 Å². The van der Waals surface area contributed by atoms with Crippen LogP contribution in [0.2, 0.25) is 0 Å². The predicted octanol–water partition coefficient (Wildman–Crippen LogP) is 8.97. The van der Waals surface area contributed by atoms with Crippen LogP contribution in [0.1, 0.15) is 103 Å². The average molecular weight is 611 g/mol. The van der Waals surface area contributed by atoms with Crippen LogP contribution < -0.4 is 4.90 Å². The molecule has 1 spiro atoms. The first-order chi connectivity index (χ1) is 12.7. The Kier molecular flexibility index (Phi) is 8.47. The molecule has 1 saturated heterocycles. The second-order valence-corrected chi connectivity index (χ2v) is 9.95. The molecule has 2 aliphatic rings. The zero-order valence-electron chi connectivity index (χ0n) is 17.7. The Morgan fingerprint density at radius 1 is 0.926 bits per heavy atom. The quantitative estimate of drug-likeness (QED) is 0.248. The van der Waals surface area contributed by atoms with E-state index in [2.05, 4.69) is 102 Å². The van der Waals surface area contributed by atoms with E-state index in [0.29, 0.717) is 11.8 Å². The van der Waals surface area contributed by atoms with Gasteiger partial charge in [0.15, 0.2) is 0 Å². The Hall–Kier alpha value is 0.570. The zero-order chi connectivity index (χ0) is 20.4. The van der Waals surface area contributed by atoms with Crippen molar-refractivity contribution in [2.75, 3.05) is 4.90 Å². The monoisotopic (exact) mass is 611 g/mol. The van der Waals surface area contributed by atoms with E-state index in [9.17, 15) is 0 Å². The Labute approximate surface area is 195 Å². The smallest absolute Gasteiger partial charge is 0.0892 e. The molecule has 2 fully saturated rings. The van der Waals surface area contributed by atoms with Crippen LogP contribution in [0.4, 0.5) is 5.69 Å². The molecule has 1 aliphatic carbocycles. The first kappa shape index (κ1) is 23.8. The van der Waals surface area contributed by atoms with Crippen molar-refractivity contribution in [3.63, 3.8) is 0 Å². The molecule has 0 bridgehead atoms. The van der Waals surface area contributed by atoms with Gasteiger partial charge in [0, 0.05) is 53.9 Å². The van der Waals surface area contributed by atoms with Crippen LogP contribution in [-0.4, -0.2) is 10.5 Å². The lowest BCUT2D eigenvalue weighted by Crippen LogP contribution is -2.42. The summed E-state index contributed by atoms with van der Waals surface area (Å²) in [6.07, 6.45) is 7.84. The number of hydrogen-bond donors (Lipinski definition) is 0. The zero-order valence-corrected chi connectivity index (χ0v) is 22.9. The number of hydrogen-bond acceptors (Lipinski definition) is 1. The minimum Gasteiger partial charge on any atom is -0.329 e. The Morgan fingerprint density at radius 2 is 1.41 bits per heavy atom. The molecule has 0 atom stereocenters. The van der Waals surface area contributed by atoms with E-state index in [1.807, 2.05) is 0 Å². The number of nitrogens with zero attached hydrogens (tertiary/aromatic N) is 1. The van der Waals surface area contributed by atoms with Crippen molar-refractivity contribution in [3.05, 3.63) is 29.3 Å². The molecule has 0 unspecified atom stereocenters. The fourth-order valence-electron chi connectivity index (χ4n) is 5.29. The Morgan fingerprint density at radius 3 is 1.85 bits per heavy atom. The van der Waals surface area contributed by atoms with E-state index in [-0.39, 0.29) is 11.0 Å². The molecule has 0 amide bonds. The maximum absolute atomic E-state index is 6.22. The molecule has 1 aliphatic heterocycles. The summed E-state index contributed by atoms with van der Waals surface area (Å²) >= 11 is 10.5. The maximum atomic E-state index is 6.22. The Bertz CT molecular complexity index is 634. The van der Waals surface area contributed by atoms with Crippen molar-refractivity contribution in [2.45, 2.75) is 97.4 Å². The van der Waals surface area contributed by atoms with E-state index in [0.717, 1.165) is 0 Å². The number of benzene rings is 1. The lowest BCUT2D eigenvalue weighted by Gasteiger charge is -2.38. The van der Waals surface area contributed by atoms with Gasteiger partial charge in [0.05, 0.1) is 4.99 Å². The van der Waals surface area contributed by atoms with Gasteiger partial charge in [0.1, 0.15) is 0 Å². The fourth-order valence-corrected chi connectivity index (χ4v) is 5.90. The van der Waals surface area contributed by atoms with Gasteiger partial charge in [0.25, 0.3) is 0 Å². The molecule has 27 heavy (non-hydrogen) atoms. The number of rotatable bonds is 3. The van der Waals surface area contributed by atoms with Crippen LogP contribution in [0, 0.1) is 5.41 Å². The van der Waals surface area contributed by atoms with Gasteiger partial charge in [-0.05, 0) is 56.1 Å². The van der Waals surface area contributed by atoms with Crippen molar-refractivity contribution in [3.8, 4) is 0 Å². The third kappa shape index (κ3) is 4.68. The highest BCUT2D eigenvalue weighted by Gasteiger charge is 2.53. The van der Waals surface area contributed by atoms with Crippen molar-refractivity contribution in [2.24, 2.45) is 5.41 Å². The summed E-state index contributed by atoms with van der Waals surface area (Å²) in [5.74, 6) is 1.02. The van der Waals surface area contributed by atoms with Crippen molar-refractivity contribution >= 4 is 60.1 Å². The van der Waals surface area contributed by atoms with E-state index in [4.69, 9.17) is 12.2 Å². The van der Waals surface area contributed by atoms with Crippen LogP contribution in [0.3, 0.4) is 0 Å². The molecule has 0 N–H and O–H groups in total. The van der Waals surface area contributed by atoms with Gasteiger partial charge in [-0.3, -0.25) is 0 Å². The molecule has 1 aromatic carbocycles. The van der Waals surface area contributed by atoms with Crippen LogP contribution >= 0.6 is 49.4 Å². The summed E-state index contributed by atoms with van der Waals surface area (Å²) in [7, 11) is 0. The Balaban J connectivity index is 0.00000126. The number of thiocarbonyl (C=S) groups is 1. The first-order valence-corrected chi connectivity index (χ1v) is 17.0. The molecule has 1 aromatic rings. The fraction of sp³-hybridized carbons (Fsp3) is 0.696. The molecule has 4 heteroatoms. The summed E-state index contributed by atoms with van der Waals surface area (Å²) in [6.45, 7) is 14.1. The molecule has 1 saturated carbocycles. The van der Waals surface area contributed by atoms with Gasteiger partial charge in [-0.25, -0.2) is 0 Å². The summed E-state index contributed by atoms with van der Waals surface area (Å²) in [5, 5.41) is 0. The largest absolute Gasteiger partial charge is 0.329 e. The average Bonchev–Trinajstić information content (AvgIpc) is 2.81. The number of para-hydroxylation sites is 1. The van der Waals surface area contributed by atoms with Gasteiger partial charge >= 0.3 is 0 Å². The van der Waals surface area contributed by atoms with Gasteiger partial charge in [0.2, 0.25) is 0 Å². The molecule has 0 radical (unpaired) electrons. The molecule has 152 valence electrons. The normalized spacial score (nSPS) is 21.0. The first-order valence-electron chi connectivity index (χ1n) is 10.3. The topological polar surface area (TPSA) is 3.24 Å². The third-order valence-electron chi connectivity index (χ3n) is 6.41. The second kappa shape index (κ2) is 9.59. The highest BCUT2D eigenvalue weighted by molar-refractivity contribution is 15.0. The summed E-state index contributed by atoms with van der Waals surface area (Å²) in [5.41, 5.74) is 4.69. The standard InChI is InChI=1S/C23H35NS.I2/c1-16(2)18-11-10-12-19(17(3)4)20(18)24-21(25)23(15-22(24,5)6)13-8-7-9-14-23;1-2/h10-12,16-17H,7-9,13-15H2,1-6H3;.